The summed E-state index contributed by atoms with van der Waals surface area (Å²) in [4.78, 5) is 18.2. The van der Waals surface area contributed by atoms with Crippen LogP contribution in [0.5, 0.6) is 5.75 Å². The zero-order valence-electron chi connectivity index (χ0n) is 18.2. The highest BCUT2D eigenvalue weighted by molar-refractivity contribution is 9.10. The smallest absolute Gasteiger partial charge is 0.264 e. The fourth-order valence-electron chi connectivity index (χ4n) is 4.15. The normalized spacial score (nSPS) is 14.5. The molecule has 33 heavy (non-hydrogen) atoms. The van der Waals surface area contributed by atoms with Crippen molar-refractivity contribution in [2.75, 3.05) is 26.2 Å². The third-order valence-electron chi connectivity index (χ3n) is 5.95. The monoisotopic (exact) mass is 520 g/mol. The van der Waals surface area contributed by atoms with Crippen LogP contribution in [0.2, 0.25) is 0 Å². The molecule has 0 N–H and O–H groups in total. The van der Waals surface area contributed by atoms with Crippen LogP contribution in [-0.4, -0.2) is 41.9 Å². The molecular weight excluding hydrogens is 496 g/mol. The first-order valence-electron chi connectivity index (χ1n) is 11.1. The lowest BCUT2D eigenvalue weighted by Gasteiger charge is -2.34. The summed E-state index contributed by atoms with van der Waals surface area (Å²) in [6, 6.07) is 24.8. The Hall–Kier alpha value is -2.67. The molecule has 1 amide bonds. The lowest BCUT2D eigenvalue weighted by molar-refractivity contribution is 0.0633. The first-order valence-corrected chi connectivity index (χ1v) is 12.8. The van der Waals surface area contributed by atoms with E-state index in [0.29, 0.717) is 6.61 Å². The van der Waals surface area contributed by atoms with Gasteiger partial charge in [0, 0.05) is 42.8 Å². The van der Waals surface area contributed by atoms with E-state index in [2.05, 4.69) is 63.3 Å². The van der Waals surface area contributed by atoms with E-state index < -0.39 is 0 Å². The molecule has 0 bridgehead atoms. The predicted molar refractivity (Wildman–Crippen MR) is 138 cm³/mol. The first kappa shape index (κ1) is 22.1. The fourth-order valence-corrected chi connectivity index (χ4v) is 5.46. The van der Waals surface area contributed by atoms with Crippen molar-refractivity contribution in [3.05, 3.63) is 98.7 Å². The van der Waals surface area contributed by atoms with E-state index >= 15 is 0 Å². The average Bonchev–Trinajstić information content (AvgIpc) is 3.32. The van der Waals surface area contributed by atoms with Crippen molar-refractivity contribution < 1.29 is 9.53 Å². The minimum Gasteiger partial charge on any atom is -0.489 e. The molecule has 168 valence electrons. The molecular formula is C27H25BrN2O2S. The van der Waals surface area contributed by atoms with Crippen LogP contribution in [-0.2, 0) is 13.2 Å². The molecule has 5 rings (SSSR count). The Bertz CT molecular complexity index is 1260. The Kier molecular flexibility index (Phi) is 6.76. The molecule has 0 aliphatic carbocycles. The van der Waals surface area contributed by atoms with Crippen LogP contribution in [0.4, 0.5) is 0 Å². The van der Waals surface area contributed by atoms with E-state index in [9.17, 15) is 4.79 Å². The van der Waals surface area contributed by atoms with Crippen molar-refractivity contribution >= 4 is 43.9 Å². The summed E-state index contributed by atoms with van der Waals surface area (Å²) in [5.41, 5.74) is 2.32. The van der Waals surface area contributed by atoms with Gasteiger partial charge >= 0.3 is 0 Å². The van der Waals surface area contributed by atoms with Gasteiger partial charge in [-0.2, -0.15) is 0 Å². The van der Waals surface area contributed by atoms with Crippen LogP contribution in [0, 0.1) is 0 Å². The number of fused-ring (bicyclic) bond motifs is 1. The number of carbonyl (C=O) groups is 1. The van der Waals surface area contributed by atoms with E-state index in [1.54, 1.807) is 0 Å². The molecule has 6 heteroatoms. The molecule has 4 aromatic rings. The topological polar surface area (TPSA) is 32.8 Å². The molecule has 0 atom stereocenters. The zero-order valence-corrected chi connectivity index (χ0v) is 20.6. The van der Waals surface area contributed by atoms with E-state index in [-0.39, 0.29) is 5.91 Å². The maximum Gasteiger partial charge on any atom is 0.264 e. The second-order valence-corrected chi connectivity index (χ2v) is 10.1. The number of amides is 1. The number of carbonyl (C=O) groups excluding carboxylic acids is 1. The highest BCUT2D eigenvalue weighted by Crippen LogP contribution is 2.23. The number of rotatable bonds is 6. The predicted octanol–water partition coefficient (Wildman–Crippen LogP) is 6.20. The second-order valence-electron chi connectivity index (χ2n) is 8.32. The van der Waals surface area contributed by atoms with E-state index in [1.165, 1.54) is 22.3 Å². The molecule has 0 radical (unpaired) electrons. The first-order chi connectivity index (χ1) is 16.1. The number of benzene rings is 3. The summed E-state index contributed by atoms with van der Waals surface area (Å²) in [6.45, 7) is 4.67. The minimum atomic E-state index is 0.124. The van der Waals surface area contributed by atoms with Crippen LogP contribution >= 0.6 is 27.3 Å². The van der Waals surface area contributed by atoms with Crippen molar-refractivity contribution in [3.63, 3.8) is 0 Å². The second kappa shape index (κ2) is 10.1. The summed E-state index contributed by atoms with van der Waals surface area (Å²) in [6.07, 6.45) is 0. The minimum absolute atomic E-state index is 0.124. The van der Waals surface area contributed by atoms with Gasteiger partial charge in [-0.25, -0.2) is 0 Å². The van der Waals surface area contributed by atoms with Crippen LogP contribution in [0.15, 0.2) is 82.6 Å². The Morgan fingerprint density at radius 1 is 0.879 bits per heavy atom. The quantitative estimate of drug-likeness (QED) is 0.303. The molecule has 0 spiro atoms. The molecule has 1 aromatic heterocycles. The maximum atomic E-state index is 13.0. The summed E-state index contributed by atoms with van der Waals surface area (Å²) in [5, 5.41) is 4.39. The SMILES string of the molecule is O=C(c1cc(COc2ccc3ccccc3c2)cs1)N1CCN(Cc2cccc(Br)c2)CC1. The van der Waals surface area contributed by atoms with Gasteiger partial charge in [-0.3, -0.25) is 9.69 Å². The fraction of sp³-hybridized carbons (Fsp3) is 0.222. The number of hydrogen-bond acceptors (Lipinski definition) is 4. The zero-order chi connectivity index (χ0) is 22.6. The van der Waals surface area contributed by atoms with Crippen molar-refractivity contribution in [1.29, 1.82) is 0 Å². The molecule has 2 heterocycles. The maximum absolute atomic E-state index is 13.0. The van der Waals surface area contributed by atoms with Crippen LogP contribution in [0.25, 0.3) is 10.8 Å². The van der Waals surface area contributed by atoms with Crippen LogP contribution in [0.1, 0.15) is 20.8 Å². The molecule has 3 aromatic carbocycles. The Labute approximate surface area is 206 Å². The van der Waals surface area contributed by atoms with Gasteiger partial charge < -0.3 is 9.64 Å². The third kappa shape index (κ3) is 5.46. The summed E-state index contributed by atoms with van der Waals surface area (Å²) in [7, 11) is 0. The van der Waals surface area contributed by atoms with E-state index in [1.807, 2.05) is 40.6 Å². The number of halogens is 1. The van der Waals surface area contributed by atoms with Gasteiger partial charge in [-0.05, 0) is 52.0 Å². The molecule has 1 saturated heterocycles. The van der Waals surface area contributed by atoms with Crippen LogP contribution < -0.4 is 4.74 Å². The Morgan fingerprint density at radius 2 is 1.70 bits per heavy atom. The van der Waals surface area contributed by atoms with Crippen LogP contribution in [0.3, 0.4) is 0 Å². The molecule has 1 fully saturated rings. The highest BCUT2D eigenvalue weighted by atomic mass is 79.9. The number of nitrogens with zero attached hydrogens (tertiary/aromatic N) is 2. The lowest BCUT2D eigenvalue weighted by Crippen LogP contribution is -2.48. The van der Waals surface area contributed by atoms with Gasteiger partial charge in [0.25, 0.3) is 5.91 Å². The molecule has 4 nitrogen and oxygen atoms in total. The molecule has 1 aliphatic rings. The number of piperazine rings is 1. The van der Waals surface area contributed by atoms with Gasteiger partial charge in [0.05, 0.1) is 4.88 Å². The summed E-state index contributed by atoms with van der Waals surface area (Å²) >= 11 is 5.04. The van der Waals surface area contributed by atoms with E-state index in [4.69, 9.17) is 4.74 Å². The third-order valence-corrected chi connectivity index (χ3v) is 7.41. The van der Waals surface area contributed by atoms with Crippen molar-refractivity contribution in [2.45, 2.75) is 13.2 Å². The number of hydrogen-bond donors (Lipinski definition) is 0. The van der Waals surface area contributed by atoms with Gasteiger partial charge in [0.15, 0.2) is 0 Å². The largest absolute Gasteiger partial charge is 0.489 e. The Morgan fingerprint density at radius 3 is 2.52 bits per heavy atom. The Balaban J connectivity index is 1.14. The lowest BCUT2D eigenvalue weighted by atomic mass is 10.1. The van der Waals surface area contributed by atoms with E-state index in [0.717, 1.165) is 58.8 Å². The highest BCUT2D eigenvalue weighted by Gasteiger charge is 2.23. The standard InChI is InChI=1S/C27H25BrN2O2S/c28-24-7-3-4-20(14-24)17-29-10-12-30(13-11-29)27(31)26-15-21(19-33-26)18-32-25-9-8-22-5-1-2-6-23(22)16-25/h1-9,14-16,19H,10-13,17-18H2. The number of ether oxygens (including phenoxy) is 1. The van der Waals surface area contributed by atoms with Crippen molar-refractivity contribution in [3.8, 4) is 5.75 Å². The summed E-state index contributed by atoms with van der Waals surface area (Å²) in [5.74, 6) is 0.966. The van der Waals surface area contributed by atoms with Gasteiger partial charge in [-0.1, -0.05) is 58.4 Å². The van der Waals surface area contributed by atoms with Gasteiger partial charge in [0.2, 0.25) is 0 Å². The molecule has 0 unspecified atom stereocenters. The molecule has 1 aliphatic heterocycles. The van der Waals surface area contributed by atoms with Crippen molar-refractivity contribution in [2.24, 2.45) is 0 Å². The summed E-state index contributed by atoms with van der Waals surface area (Å²) < 4.78 is 7.09. The van der Waals surface area contributed by atoms with Gasteiger partial charge in [0.1, 0.15) is 12.4 Å². The number of thiophene rings is 1. The van der Waals surface area contributed by atoms with Gasteiger partial charge in [-0.15, -0.1) is 11.3 Å². The van der Waals surface area contributed by atoms with Crippen molar-refractivity contribution in [1.82, 2.24) is 9.80 Å². The average molecular weight is 521 g/mol. The molecule has 0 saturated carbocycles.